The number of carbonyl (C=O) groups is 1. The van der Waals surface area contributed by atoms with Gasteiger partial charge in [-0.15, -0.1) is 0 Å². The summed E-state index contributed by atoms with van der Waals surface area (Å²) < 4.78 is 13.2. The summed E-state index contributed by atoms with van der Waals surface area (Å²) >= 11 is 0. The van der Waals surface area contributed by atoms with E-state index < -0.39 is 5.82 Å². The van der Waals surface area contributed by atoms with Crippen LogP contribution >= 0.6 is 0 Å². The van der Waals surface area contributed by atoms with Crippen molar-refractivity contribution in [3.8, 4) is 5.75 Å². The Labute approximate surface area is 112 Å². The van der Waals surface area contributed by atoms with Gasteiger partial charge in [0.15, 0.2) is 0 Å². The third kappa shape index (κ3) is 4.21. The second kappa shape index (κ2) is 6.02. The molecule has 19 heavy (non-hydrogen) atoms. The first-order chi connectivity index (χ1) is 9.02. The summed E-state index contributed by atoms with van der Waals surface area (Å²) in [5.74, 6) is -0.445. The first-order valence-corrected chi connectivity index (χ1v) is 6.51. The van der Waals surface area contributed by atoms with Gasteiger partial charge in [0, 0.05) is 38.7 Å². The number of carbonyl (C=O) groups excluding carboxylic acids is 1. The van der Waals surface area contributed by atoms with E-state index in [4.69, 9.17) is 0 Å². The van der Waals surface area contributed by atoms with E-state index in [9.17, 15) is 14.3 Å². The molecule has 0 bridgehead atoms. The summed E-state index contributed by atoms with van der Waals surface area (Å²) in [7, 11) is 0. The maximum Gasteiger partial charge on any atom is 0.217 e. The van der Waals surface area contributed by atoms with Crippen LogP contribution in [0.15, 0.2) is 18.2 Å². The molecule has 1 heterocycles. The van der Waals surface area contributed by atoms with Crippen molar-refractivity contribution in [2.24, 2.45) is 0 Å². The number of rotatable bonds is 3. The normalized spacial score (nSPS) is 17.4. The van der Waals surface area contributed by atoms with Crippen molar-refractivity contribution in [2.45, 2.75) is 32.4 Å². The van der Waals surface area contributed by atoms with Gasteiger partial charge < -0.3 is 10.4 Å². The van der Waals surface area contributed by atoms with Gasteiger partial charge in [0.1, 0.15) is 11.6 Å². The lowest BCUT2D eigenvalue weighted by molar-refractivity contribution is -0.119. The molecule has 0 radical (unpaired) electrons. The van der Waals surface area contributed by atoms with Gasteiger partial charge in [-0.25, -0.2) is 4.39 Å². The SMILES string of the molecule is CC(=O)NC1CCN(Cc2cc(O)cc(F)c2)CC1. The Kier molecular flexibility index (Phi) is 4.37. The Bertz CT molecular complexity index is 437. The highest BCUT2D eigenvalue weighted by Crippen LogP contribution is 2.18. The predicted molar refractivity (Wildman–Crippen MR) is 70.2 cm³/mol. The summed E-state index contributed by atoms with van der Waals surface area (Å²) in [5, 5.41) is 12.3. The molecular weight excluding hydrogens is 247 g/mol. The fourth-order valence-electron chi connectivity index (χ4n) is 2.51. The number of nitrogens with zero attached hydrogens (tertiary/aromatic N) is 1. The first kappa shape index (κ1) is 13.8. The van der Waals surface area contributed by atoms with Crippen molar-refractivity contribution in [3.63, 3.8) is 0 Å². The summed E-state index contributed by atoms with van der Waals surface area (Å²) in [6.45, 7) is 3.88. The van der Waals surface area contributed by atoms with Crippen LogP contribution in [0.3, 0.4) is 0 Å². The molecule has 1 aliphatic rings. The van der Waals surface area contributed by atoms with E-state index in [0.717, 1.165) is 37.6 Å². The van der Waals surface area contributed by atoms with E-state index in [1.807, 2.05) is 0 Å². The molecule has 2 rings (SSSR count). The van der Waals surface area contributed by atoms with Gasteiger partial charge in [-0.05, 0) is 30.5 Å². The molecule has 104 valence electrons. The predicted octanol–water partition coefficient (Wildman–Crippen LogP) is 1.63. The van der Waals surface area contributed by atoms with Crippen LogP contribution in [0.25, 0.3) is 0 Å². The van der Waals surface area contributed by atoms with Crippen LogP contribution in [-0.2, 0) is 11.3 Å². The lowest BCUT2D eigenvalue weighted by atomic mass is 10.0. The Balaban J connectivity index is 1.86. The van der Waals surface area contributed by atoms with Crippen molar-refractivity contribution in [2.75, 3.05) is 13.1 Å². The second-order valence-corrected chi connectivity index (χ2v) is 5.07. The molecule has 1 saturated heterocycles. The molecule has 1 aromatic rings. The number of piperidine rings is 1. The van der Waals surface area contributed by atoms with Crippen LogP contribution in [0.4, 0.5) is 4.39 Å². The number of amides is 1. The molecule has 0 spiro atoms. The van der Waals surface area contributed by atoms with E-state index >= 15 is 0 Å². The van der Waals surface area contributed by atoms with Gasteiger partial charge in [0.25, 0.3) is 0 Å². The molecule has 2 N–H and O–H groups in total. The Hall–Kier alpha value is -1.62. The van der Waals surface area contributed by atoms with Crippen molar-refractivity contribution in [1.29, 1.82) is 0 Å². The van der Waals surface area contributed by atoms with Crippen molar-refractivity contribution < 1.29 is 14.3 Å². The molecule has 5 heteroatoms. The maximum absolute atomic E-state index is 13.2. The van der Waals surface area contributed by atoms with Crippen molar-refractivity contribution >= 4 is 5.91 Å². The molecular formula is C14H19FN2O2. The molecule has 1 aromatic carbocycles. The van der Waals surface area contributed by atoms with Crippen LogP contribution in [0.5, 0.6) is 5.75 Å². The highest BCUT2D eigenvalue weighted by atomic mass is 19.1. The second-order valence-electron chi connectivity index (χ2n) is 5.07. The van der Waals surface area contributed by atoms with Gasteiger partial charge in [-0.1, -0.05) is 0 Å². The summed E-state index contributed by atoms with van der Waals surface area (Å²) in [5.41, 5.74) is 0.774. The largest absolute Gasteiger partial charge is 0.508 e. The van der Waals surface area contributed by atoms with E-state index in [1.165, 1.54) is 13.0 Å². The zero-order valence-electron chi connectivity index (χ0n) is 11.0. The van der Waals surface area contributed by atoms with Gasteiger partial charge in [0.05, 0.1) is 0 Å². The number of nitrogens with one attached hydrogen (secondary N) is 1. The number of phenolic OH excluding ortho intramolecular Hbond substituents is 1. The molecule has 0 atom stereocenters. The number of hydrogen-bond acceptors (Lipinski definition) is 3. The van der Waals surface area contributed by atoms with E-state index in [1.54, 1.807) is 6.07 Å². The molecule has 0 aliphatic carbocycles. The number of benzene rings is 1. The van der Waals surface area contributed by atoms with Crippen LogP contribution in [0.2, 0.25) is 0 Å². The summed E-state index contributed by atoms with van der Waals surface area (Å²) in [6, 6.07) is 4.38. The third-order valence-electron chi connectivity index (χ3n) is 3.34. The van der Waals surface area contributed by atoms with Crippen LogP contribution in [0.1, 0.15) is 25.3 Å². The fraction of sp³-hybridized carbons (Fsp3) is 0.500. The zero-order chi connectivity index (χ0) is 13.8. The molecule has 0 aromatic heterocycles. The lowest BCUT2D eigenvalue weighted by Crippen LogP contribution is -2.43. The van der Waals surface area contributed by atoms with Gasteiger partial charge in [0.2, 0.25) is 5.91 Å². The van der Waals surface area contributed by atoms with Crippen LogP contribution in [-0.4, -0.2) is 35.0 Å². The highest BCUT2D eigenvalue weighted by Gasteiger charge is 2.19. The van der Waals surface area contributed by atoms with Crippen LogP contribution < -0.4 is 5.32 Å². The molecule has 0 saturated carbocycles. The van der Waals surface area contributed by atoms with Gasteiger partial charge in [-0.2, -0.15) is 0 Å². The summed E-state index contributed by atoms with van der Waals surface area (Å²) in [6.07, 6.45) is 1.81. The van der Waals surface area contributed by atoms with E-state index in [0.29, 0.717) is 6.54 Å². The number of likely N-dealkylation sites (tertiary alicyclic amines) is 1. The number of phenols is 1. The Morgan fingerprint density at radius 1 is 1.42 bits per heavy atom. The smallest absolute Gasteiger partial charge is 0.217 e. The zero-order valence-corrected chi connectivity index (χ0v) is 11.0. The minimum absolute atomic E-state index is 0.00787. The number of hydrogen-bond donors (Lipinski definition) is 2. The quantitative estimate of drug-likeness (QED) is 0.874. The average molecular weight is 266 g/mol. The van der Waals surface area contributed by atoms with Gasteiger partial charge in [-0.3, -0.25) is 9.69 Å². The molecule has 4 nitrogen and oxygen atoms in total. The maximum atomic E-state index is 13.2. The van der Waals surface area contributed by atoms with E-state index in [2.05, 4.69) is 10.2 Å². The fourth-order valence-corrected chi connectivity index (χ4v) is 2.51. The molecule has 1 fully saturated rings. The molecule has 1 amide bonds. The van der Waals surface area contributed by atoms with Crippen LogP contribution in [0, 0.1) is 5.82 Å². The Morgan fingerprint density at radius 3 is 2.68 bits per heavy atom. The first-order valence-electron chi connectivity index (χ1n) is 6.51. The third-order valence-corrected chi connectivity index (χ3v) is 3.34. The number of halogens is 1. The monoisotopic (exact) mass is 266 g/mol. The van der Waals surface area contributed by atoms with Crippen molar-refractivity contribution in [3.05, 3.63) is 29.6 Å². The topological polar surface area (TPSA) is 52.6 Å². The standard InChI is InChI=1S/C14H19FN2O2/c1-10(18)16-13-2-4-17(5-3-13)9-11-6-12(15)8-14(19)7-11/h6-8,13,19H,2-5,9H2,1H3,(H,16,18). The average Bonchev–Trinajstić information content (AvgIpc) is 2.29. The Morgan fingerprint density at radius 2 is 2.11 bits per heavy atom. The minimum atomic E-state index is -0.414. The molecule has 1 aliphatic heterocycles. The van der Waals surface area contributed by atoms with E-state index in [-0.39, 0.29) is 17.7 Å². The number of aromatic hydroxyl groups is 1. The van der Waals surface area contributed by atoms with Crippen molar-refractivity contribution in [1.82, 2.24) is 10.2 Å². The van der Waals surface area contributed by atoms with Gasteiger partial charge >= 0.3 is 0 Å². The minimum Gasteiger partial charge on any atom is -0.508 e. The molecule has 0 unspecified atom stereocenters. The summed E-state index contributed by atoms with van der Waals surface area (Å²) in [4.78, 5) is 13.2. The lowest BCUT2D eigenvalue weighted by Gasteiger charge is -2.32. The highest BCUT2D eigenvalue weighted by molar-refractivity contribution is 5.73.